The summed E-state index contributed by atoms with van der Waals surface area (Å²) in [4.78, 5) is 0. The number of nitrogens with two attached hydrogens (primary N) is 3. The van der Waals surface area contributed by atoms with Crippen molar-refractivity contribution in [2.45, 2.75) is 0 Å². The molecule has 0 saturated carbocycles. The second kappa shape index (κ2) is 6.29. The Labute approximate surface area is 139 Å². The molecular weight excluding hydrogens is 302 g/mol. The second-order valence-electron chi connectivity index (χ2n) is 5.45. The van der Waals surface area contributed by atoms with Gasteiger partial charge in [0.05, 0.1) is 22.7 Å². The van der Waals surface area contributed by atoms with E-state index in [2.05, 4.69) is 10.6 Å². The Morgan fingerprint density at radius 1 is 0.667 bits per heavy atom. The quantitative estimate of drug-likeness (QED) is 0.408. The molecule has 24 heavy (non-hydrogen) atoms. The maximum atomic E-state index is 9.56. The summed E-state index contributed by atoms with van der Waals surface area (Å²) in [7, 11) is 0. The Kier molecular flexibility index (Phi) is 4.03. The molecule has 0 aliphatic heterocycles. The van der Waals surface area contributed by atoms with E-state index < -0.39 is 0 Å². The van der Waals surface area contributed by atoms with Crippen LogP contribution in [0.3, 0.4) is 0 Å². The van der Waals surface area contributed by atoms with E-state index >= 15 is 0 Å². The summed E-state index contributed by atoms with van der Waals surface area (Å²) in [6.07, 6.45) is 0. The minimum absolute atomic E-state index is 0.175. The van der Waals surface area contributed by atoms with E-state index in [0.29, 0.717) is 22.7 Å². The molecule has 0 saturated heterocycles. The Morgan fingerprint density at radius 2 is 1.29 bits per heavy atom. The van der Waals surface area contributed by atoms with Crippen LogP contribution in [0, 0.1) is 0 Å². The van der Waals surface area contributed by atoms with Crippen molar-refractivity contribution in [2.24, 2.45) is 0 Å². The van der Waals surface area contributed by atoms with Crippen molar-refractivity contribution in [3.8, 4) is 5.75 Å². The Morgan fingerprint density at radius 3 is 1.92 bits per heavy atom. The standard InChI is InChI=1S/C18H19N5O/c19-11-4-6-12(7-5-11)22-17-10-18(16(21)9-15(17)20)23-13-2-1-3-14(24)8-13/h1-10,22-24H,19-21H2. The van der Waals surface area contributed by atoms with Crippen molar-refractivity contribution in [1.82, 2.24) is 0 Å². The van der Waals surface area contributed by atoms with E-state index in [1.807, 2.05) is 36.4 Å². The minimum Gasteiger partial charge on any atom is -0.508 e. The zero-order chi connectivity index (χ0) is 17.1. The summed E-state index contributed by atoms with van der Waals surface area (Å²) in [5.41, 5.74) is 22.5. The lowest BCUT2D eigenvalue weighted by Gasteiger charge is -2.15. The monoisotopic (exact) mass is 321 g/mol. The highest BCUT2D eigenvalue weighted by atomic mass is 16.3. The molecule has 0 radical (unpaired) electrons. The fourth-order valence-corrected chi connectivity index (χ4v) is 2.31. The third-order valence-corrected chi connectivity index (χ3v) is 3.54. The summed E-state index contributed by atoms with van der Waals surface area (Å²) < 4.78 is 0. The van der Waals surface area contributed by atoms with Gasteiger partial charge in [0, 0.05) is 23.1 Å². The average molecular weight is 321 g/mol. The number of rotatable bonds is 4. The van der Waals surface area contributed by atoms with Crippen LogP contribution in [-0.2, 0) is 0 Å². The molecule has 0 aliphatic carbocycles. The molecule has 0 bridgehead atoms. The van der Waals surface area contributed by atoms with E-state index in [4.69, 9.17) is 17.2 Å². The van der Waals surface area contributed by atoms with Gasteiger partial charge in [-0.2, -0.15) is 0 Å². The molecule has 0 heterocycles. The van der Waals surface area contributed by atoms with Crippen LogP contribution in [0.2, 0.25) is 0 Å². The van der Waals surface area contributed by atoms with Crippen molar-refractivity contribution in [1.29, 1.82) is 0 Å². The Bertz CT molecular complexity index is 862. The second-order valence-corrected chi connectivity index (χ2v) is 5.45. The van der Waals surface area contributed by atoms with E-state index in [1.54, 1.807) is 24.3 Å². The molecular formula is C18H19N5O. The topological polar surface area (TPSA) is 122 Å². The van der Waals surface area contributed by atoms with E-state index in [-0.39, 0.29) is 5.75 Å². The molecule has 6 heteroatoms. The van der Waals surface area contributed by atoms with E-state index in [1.165, 1.54) is 0 Å². The van der Waals surface area contributed by atoms with Gasteiger partial charge in [-0.3, -0.25) is 0 Å². The summed E-state index contributed by atoms with van der Waals surface area (Å²) in [6.45, 7) is 0. The normalized spacial score (nSPS) is 10.3. The number of phenolic OH excluding ortho intramolecular Hbond substituents is 1. The molecule has 3 aromatic carbocycles. The van der Waals surface area contributed by atoms with Gasteiger partial charge in [0.25, 0.3) is 0 Å². The predicted molar refractivity (Wildman–Crippen MR) is 101 cm³/mol. The van der Waals surface area contributed by atoms with Crippen LogP contribution in [-0.4, -0.2) is 5.11 Å². The van der Waals surface area contributed by atoms with Crippen molar-refractivity contribution < 1.29 is 5.11 Å². The van der Waals surface area contributed by atoms with Crippen LogP contribution in [0.5, 0.6) is 5.75 Å². The number of anilines is 7. The molecule has 0 spiro atoms. The van der Waals surface area contributed by atoms with Gasteiger partial charge < -0.3 is 32.9 Å². The Hall–Kier alpha value is -3.54. The van der Waals surface area contributed by atoms with Crippen LogP contribution >= 0.6 is 0 Å². The van der Waals surface area contributed by atoms with E-state index in [9.17, 15) is 5.11 Å². The molecule has 0 aromatic heterocycles. The highest BCUT2D eigenvalue weighted by Gasteiger charge is 2.07. The molecule has 0 aliphatic rings. The number of phenols is 1. The van der Waals surface area contributed by atoms with Crippen molar-refractivity contribution in [3.05, 3.63) is 60.7 Å². The lowest BCUT2D eigenvalue weighted by molar-refractivity contribution is 0.475. The summed E-state index contributed by atoms with van der Waals surface area (Å²) in [5.74, 6) is 0.175. The van der Waals surface area contributed by atoms with Gasteiger partial charge in [0.2, 0.25) is 0 Å². The minimum atomic E-state index is 0.175. The number of nitrogen functional groups attached to an aromatic ring is 3. The van der Waals surface area contributed by atoms with Crippen LogP contribution in [0.25, 0.3) is 0 Å². The SMILES string of the molecule is Nc1ccc(Nc2cc(Nc3cccc(O)c3)c(N)cc2N)cc1. The first-order chi connectivity index (χ1) is 11.5. The van der Waals surface area contributed by atoms with Crippen molar-refractivity contribution in [2.75, 3.05) is 27.8 Å². The van der Waals surface area contributed by atoms with Gasteiger partial charge in [0.15, 0.2) is 0 Å². The first-order valence-corrected chi connectivity index (χ1v) is 7.39. The fourth-order valence-electron chi connectivity index (χ4n) is 2.31. The third kappa shape index (κ3) is 3.44. The average Bonchev–Trinajstić information content (AvgIpc) is 2.54. The van der Waals surface area contributed by atoms with Gasteiger partial charge in [-0.25, -0.2) is 0 Å². The predicted octanol–water partition coefficient (Wildman–Crippen LogP) is 3.63. The van der Waals surface area contributed by atoms with Gasteiger partial charge in [0.1, 0.15) is 5.75 Å². The van der Waals surface area contributed by atoms with Crippen molar-refractivity contribution in [3.63, 3.8) is 0 Å². The van der Waals surface area contributed by atoms with Gasteiger partial charge in [-0.15, -0.1) is 0 Å². The highest BCUT2D eigenvalue weighted by Crippen LogP contribution is 2.33. The largest absolute Gasteiger partial charge is 0.508 e. The molecule has 9 N–H and O–H groups in total. The van der Waals surface area contributed by atoms with Crippen LogP contribution in [0.15, 0.2) is 60.7 Å². The molecule has 0 fully saturated rings. The smallest absolute Gasteiger partial charge is 0.117 e. The molecule has 122 valence electrons. The molecule has 0 unspecified atom stereocenters. The number of aromatic hydroxyl groups is 1. The maximum absolute atomic E-state index is 9.56. The highest BCUT2D eigenvalue weighted by molar-refractivity contribution is 5.85. The first-order valence-electron chi connectivity index (χ1n) is 7.39. The lowest BCUT2D eigenvalue weighted by Crippen LogP contribution is -2.02. The number of benzene rings is 3. The molecule has 0 amide bonds. The van der Waals surface area contributed by atoms with Crippen LogP contribution in [0.1, 0.15) is 0 Å². The molecule has 3 aromatic rings. The summed E-state index contributed by atoms with van der Waals surface area (Å²) >= 11 is 0. The molecule has 3 rings (SSSR count). The molecule has 6 nitrogen and oxygen atoms in total. The van der Waals surface area contributed by atoms with Gasteiger partial charge >= 0.3 is 0 Å². The Balaban J connectivity index is 1.89. The third-order valence-electron chi connectivity index (χ3n) is 3.54. The van der Waals surface area contributed by atoms with Gasteiger partial charge in [-0.05, 0) is 48.5 Å². The summed E-state index contributed by atoms with van der Waals surface area (Å²) in [6, 6.07) is 17.7. The molecule has 0 atom stereocenters. The van der Waals surface area contributed by atoms with Crippen molar-refractivity contribution >= 4 is 39.8 Å². The number of nitrogens with one attached hydrogen (secondary N) is 2. The van der Waals surface area contributed by atoms with E-state index in [0.717, 1.165) is 17.1 Å². The van der Waals surface area contributed by atoms with Crippen LogP contribution < -0.4 is 27.8 Å². The lowest BCUT2D eigenvalue weighted by atomic mass is 10.2. The number of hydrogen-bond acceptors (Lipinski definition) is 6. The van der Waals surface area contributed by atoms with Gasteiger partial charge in [-0.1, -0.05) is 6.07 Å². The van der Waals surface area contributed by atoms with Crippen LogP contribution in [0.4, 0.5) is 39.8 Å². The fraction of sp³-hybridized carbons (Fsp3) is 0. The zero-order valence-electron chi connectivity index (χ0n) is 13.0. The maximum Gasteiger partial charge on any atom is 0.117 e. The number of hydrogen-bond donors (Lipinski definition) is 6. The zero-order valence-corrected chi connectivity index (χ0v) is 13.0. The summed E-state index contributed by atoms with van der Waals surface area (Å²) in [5, 5.41) is 16.0. The first kappa shape index (κ1) is 15.4.